The van der Waals surface area contributed by atoms with Crippen molar-refractivity contribution in [2.75, 3.05) is 23.3 Å². The van der Waals surface area contributed by atoms with Crippen molar-refractivity contribution in [1.29, 1.82) is 0 Å². The average Bonchev–Trinajstić information content (AvgIpc) is 3.37. The summed E-state index contributed by atoms with van der Waals surface area (Å²) >= 11 is 1.55. The Bertz CT molecular complexity index is 934. The molecule has 6 nitrogen and oxygen atoms in total. The van der Waals surface area contributed by atoms with Crippen LogP contribution >= 0.6 is 11.3 Å². The lowest BCUT2D eigenvalue weighted by Gasteiger charge is -2.31. The third-order valence-electron chi connectivity index (χ3n) is 5.15. The topological polar surface area (TPSA) is 63.1 Å². The van der Waals surface area contributed by atoms with E-state index in [1.54, 1.807) is 11.3 Å². The molecule has 1 aliphatic rings. The van der Waals surface area contributed by atoms with Crippen LogP contribution in [0.25, 0.3) is 5.13 Å². The van der Waals surface area contributed by atoms with Gasteiger partial charge in [-0.1, -0.05) is 23.5 Å². The Morgan fingerprint density at radius 1 is 1.15 bits per heavy atom. The van der Waals surface area contributed by atoms with Gasteiger partial charge in [0.25, 0.3) is 0 Å². The molecule has 1 atom stereocenters. The van der Waals surface area contributed by atoms with Crippen LogP contribution in [-0.2, 0) is 4.79 Å². The molecule has 27 heavy (non-hydrogen) atoms. The molecule has 4 rings (SSSR count). The van der Waals surface area contributed by atoms with Crippen LogP contribution in [0.1, 0.15) is 24.0 Å². The van der Waals surface area contributed by atoms with Crippen molar-refractivity contribution in [1.82, 2.24) is 14.8 Å². The Labute approximate surface area is 162 Å². The Kier molecular flexibility index (Phi) is 4.94. The van der Waals surface area contributed by atoms with Crippen molar-refractivity contribution in [3.8, 4) is 5.13 Å². The number of anilines is 2. The number of nitrogens with zero attached hydrogens (tertiary/aromatic N) is 4. The molecule has 1 fully saturated rings. The molecule has 3 aromatic rings. The maximum absolute atomic E-state index is 12.8. The predicted octanol–water partition coefficient (Wildman–Crippen LogP) is 3.80. The first-order chi connectivity index (χ1) is 13.1. The van der Waals surface area contributed by atoms with Crippen LogP contribution in [0.5, 0.6) is 0 Å². The standard InChI is InChI=1S/C20H23N5OS/c1-14-7-5-9-17(15(14)2)21-18(26)16-8-6-12-25(13-16)20-23-22-19(27-20)24-10-3-4-11-24/h3-5,7,9-11,16H,6,8,12-13H2,1-2H3,(H,21,26)/t16-/m1/s1. The minimum absolute atomic E-state index is 0.0439. The highest BCUT2D eigenvalue weighted by Crippen LogP contribution is 2.28. The van der Waals surface area contributed by atoms with E-state index in [0.717, 1.165) is 40.9 Å². The summed E-state index contributed by atoms with van der Waals surface area (Å²) in [5.41, 5.74) is 3.21. The van der Waals surface area contributed by atoms with Gasteiger partial charge in [0, 0.05) is 31.2 Å². The molecule has 1 N–H and O–H groups in total. The SMILES string of the molecule is Cc1cccc(NC(=O)[C@@H]2CCCN(c3nnc(-n4cccc4)s3)C2)c1C. The van der Waals surface area contributed by atoms with Crippen molar-refractivity contribution < 1.29 is 4.79 Å². The van der Waals surface area contributed by atoms with Crippen LogP contribution in [0.15, 0.2) is 42.7 Å². The summed E-state index contributed by atoms with van der Waals surface area (Å²) in [6.07, 6.45) is 5.79. The van der Waals surface area contributed by atoms with Crippen LogP contribution in [0.3, 0.4) is 0 Å². The number of piperidine rings is 1. The van der Waals surface area contributed by atoms with Gasteiger partial charge in [0.15, 0.2) is 0 Å². The first-order valence-corrected chi connectivity index (χ1v) is 10.0. The molecule has 2 aromatic heterocycles. The molecule has 7 heteroatoms. The lowest BCUT2D eigenvalue weighted by molar-refractivity contribution is -0.120. The zero-order valence-corrected chi connectivity index (χ0v) is 16.4. The minimum atomic E-state index is -0.0439. The van der Waals surface area contributed by atoms with Gasteiger partial charge in [-0.05, 0) is 56.0 Å². The molecule has 0 aliphatic carbocycles. The first-order valence-electron chi connectivity index (χ1n) is 9.20. The number of aromatic nitrogens is 3. The summed E-state index contributed by atoms with van der Waals surface area (Å²) in [5.74, 6) is 0.0427. The molecule has 140 valence electrons. The molecule has 0 saturated carbocycles. The van der Waals surface area contributed by atoms with E-state index in [9.17, 15) is 4.79 Å². The number of hydrogen-bond acceptors (Lipinski definition) is 5. The molecule has 1 saturated heterocycles. The van der Waals surface area contributed by atoms with Crippen molar-refractivity contribution in [2.45, 2.75) is 26.7 Å². The van der Waals surface area contributed by atoms with Crippen molar-refractivity contribution >= 4 is 28.1 Å². The Morgan fingerprint density at radius 2 is 1.93 bits per heavy atom. The summed E-state index contributed by atoms with van der Waals surface area (Å²) in [6, 6.07) is 9.94. The van der Waals surface area contributed by atoms with Gasteiger partial charge in [-0.3, -0.25) is 9.36 Å². The van der Waals surface area contributed by atoms with E-state index in [0.29, 0.717) is 6.54 Å². The van der Waals surface area contributed by atoms with Crippen molar-refractivity contribution in [2.24, 2.45) is 5.92 Å². The number of hydrogen-bond donors (Lipinski definition) is 1. The average molecular weight is 382 g/mol. The van der Waals surface area contributed by atoms with Gasteiger partial charge in [-0.25, -0.2) is 0 Å². The van der Waals surface area contributed by atoms with E-state index in [1.807, 2.05) is 48.1 Å². The summed E-state index contributed by atoms with van der Waals surface area (Å²) < 4.78 is 1.95. The summed E-state index contributed by atoms with van der Waals surface area (Å²) in [4.78, 5) is 15.0. The molecule has 1 aliphatic heterocycles. The van der Waals surface area contributed by atoms with E-state index in [-0.39, 0.29) is 11.8 Å². The number of carbonyl (C=O) groups is 1. The minimum Gasteiger partial charge on any atom is -0.346 e. The fraction of sp³-hybridized carbons (Fsp3) is 0.350. The van der Waals surface area contributed by atoms with Gasteiger partial charge < -0.3 is 10.2 Å². The van der Waals surface area contributed by atoms with E-state index in [4.69, 9.17) is 0 Å². The van der Waals surface area contributed by atoms with Crippen LogP contribution in [-0.4, -0.2) is 33.8 Å². The van der Waals surface area contributed by atoms with Crippen LogP contribution < -0.4 is 10.2 Å². The summed E-state index contributed by atoms with van der Waals surface area (Å²) in [6.45, 7) is 5.69. The molecule has 1 amide bonds. The molecular formula is C20H23N5OS. The number of amides is 1. The van der Waals surface area contributed by atoms with E-state index in [1.165, 1.54) is 5.56 Å². The van der Waals surface area contributed by atoms with Crippen molar-refractivity contribution in [3.63, 3.8) is 0 Å². The molecule has 0 unspecified atom stereocenters. The number of aryl methyl sites for hydroxylation is 1. The molecule has 1 aromatic carbocycles. The van der Waals surface area contributed by atoms with Gasteiger partial charge in [-0.15, -0.1) is 10.2 Å². The van der Waals surface area contributed by atoms with Gasteiger partial charge in [0.2, 0.25) is 16.2 Å². The third-order valence-corrected chi connectivity index (χ3v) is 6.15. The number of nitrogens with one attached hydrogen (secondary N) is 1. The normalized spacial score (nSPS) is 17.1. The largest absolute Gasteiger partial charge is 0.346 e. The number of benzene rings is 1. The Hall–Kier alpha value is -2.67. The maximum atomic E-state index is 12.8. The fourth-order valence-corrected chi connectivity index (χ4v) is 4.24. The van der Waals surface area contributed by atoms with Crippen LogP contribution in [0.2, 0.25) is 0 Å². The van der Waals surface area contributed by atoms with Crippen LogP contribution in [0.4, 0.5) is 10.8 Å². The maximum Gasteiger partial charge on any atom is 0.229 e. The second-order valence-corrected chi connectivity index (χ2v) is 7.91. The lowest BCUT2D eigenvalue weighted by atomic mass is 9.97. The highest BCUT2D eigenvalue weighted by Gasteiger charge is 2.28. The zero-order chi connectivity index (χ0) is 18.8. The summed E-state index contributed by atoms with van der Waals surface area (Å²) in [7, 11) is 0. The molecule has 0 bridgehead atoms. The Balaban J connectivity index is 1.45. The van der Waals surface area contributed by atoms with E-state index < -0.39 is 0 Å². The molecule has 0 radical (unpaired) electrons. The fourth-order valence-electron chi connectivity index (χ4n) is 3.39. The second kappa shape index (κ2) is 7.52. The second-order valence-electron chi connectivity index (χ2n) is 6.98. The van der Waals surface area contributed by atoms with E-state index in [2.05, 4.69) is 33.4 Å². The summed E-state index contributed by atoms with van der Waals surface area (Å²) in [5, 5.41) is 13.5. The molecular weight excluding hydrogens is 358 g/mol. The number of rotatable bonds is 4. The van der Waals surface area contributed by atoms with Gasteiger partial charge in [0.1, 0.15) is 0 Å². The Morgan fingerprint density at radius 3 is 2.74 bits per heavy atom. The molecule has 0 spiro atoms. The molecule has 3 heterocycles. The van der Waals surface area contributed by atoms with Crippen molar-refractivity contribution in [3.05, 3.63) is 53.9 Å². The van der Waals surface area contributed by atoms with Crippen LogP contribution in [0, 0.1) is 19.8 Å². The lowest BCUT2D eigenvalue weighted by Crippen LogP contribution is -2.40. The van der Waals surface area contributed by atoms with Gasteiger partial charge >= 0.3 is 0 Å². The third kappa shape index (κ3) is 3.73. The van der Waals surface area contributed by atoms with Gasteiger partial charge in [-0.2, -0.15) is 0 Å². The zero-order valence-electron chi connectivity index (χ0n) is 15.6. The number of carbonyl (C=O) groups excluding carboxylic acids is 1. The quantitative estimate of drug-likeness (QED) is 0.747. The predicted molar refractivity (Wildman–Crippen MR) is 109 cm³/mol. The highest BCUT2D eigenvalue weighted by molar-refractivity contribution is 7.17. The van der Waals surface area contributed by atoms with E-state index >= 15 is 0 Å². The smallest absolute Gasteiger partial charge is 0.229 e. The highest BCUT2D eigenvalue weighted by atomic mass is 32.1. The monoisotopic (exact) mass is 381 g/mol. The first kappa shape index (κ1) is 17.7. The van der Waals surface area contributed by atoms with Gasteiger partial charge in [0.05, 0.1) is 5.92 Å².